The number of hydrogen-bond acceptors (Lipinski definition) is 4. The van der Waals surface area contributed by atoms with Crippen LogP contribution in [0.25, 0.3) is 0 Å². The Labute approximate surface area is 123 Å². The summed E-state index contributed by atoms with van der Waals surface area (Å²) in [5.41, 5.74) is 2.09. The second kappa shape index (κ2) is 5.87. The van der Waals surface area contributed by atoms with Crippen molar-refractivity contribution < 1.29 is 14.3 Å². The first kappa shape index (κ1) is 14.9. The normalized spacial score (nSPS) is 10.3. The van der Waals surface area contributed by atoms with Crippen molar-refractivity contribution in [1.29, 1.82) is 0 Å². The van der Waals surface area contributed by atoms with Gasteiger partial charge in [-0.2, -0.15) is 5.10 Å². The number of rotatable bonds is 4. The molecule has 2 rings (SSSR count). The molecule has 6 nitrogen and oxygen atoms in total. The number of carbonyl (C=O) groups excluding carboxylic acids is 1. The summed E-state index contributed by atoms with van der Waals surface area (Å²) in [6, 6.07) is 3.43. The van der Waals surface area contributed by atoms with Gasteiger partial charge in [-0.15, -0.1) is 0 Å². The van der Waals surface area contributed by atoms with Gasteiger partial charge in [-0.25, -0.2) is 0 Å². The van der Waals surface area contributed by atoms with Crippen LogP contribution in [0.2, 0.25) is 0 Å². The molecule has 0 unspecified atom stereocenters. The molecular weight excluding hydrogens is 270 g/mol. The minimum Gasteiger partial charge on any atom is -0.496 e. The number of ether oxygens (including phenoxy) is 2. The van der Waals surface area contributed by atoms with E-state index in [1.54, 1.807) is 57.5 Å². The number of methoxy groups -OCH3 is 2. The lowest BCUT2D eigenvalue weighted by Gasteiger charge is -2.17. The second-order valence-electron chi connectivity index (χ2n) is 4.74. The molecule has 0 saturated heterocycles. The summed E-state index contributed by atoms with van der Waals surface area (Å²) in [4.78, 5) is 14.1. The predicted molar refractivity (Wildman–Crippen MR) is 80.2 cm³/mol. The smallest absolute Gasteiger partial charge is 0.258 e. The van der Waals surface area contributed by atoms with Crippen LogP contribution in [0.15, 0.2) is 24.5 Å². The van der Waals surface area contributed by atoms with E-state index >= 15 is 0 Å². The number of hydrogen-bond donors (Lipinski definition) is 0. The molecule has 1 aromatic heterocycles. The summed E-state index contributed by atoms with van der Waals surface area (Å²) in [6.07, 6.45) is 3.42. The third-order valence-corrected chi connectivity index (χ3v) is 3.38. The van der Waals surface area contributed by atoms with E-state index in [1.165, 1.54) is 4.90 Å². The molecule has 112 valence electrons. The minimum absolute atomic E-state index is 0.153. The highest BCUT2D eigenvalue weighted by atomic mass is 16.5. The summed E-state index contributed by atoms with van der Waals surface area (Å²) in [7, 11) is 6.65. The van der Waals surface area contributed by atoms with Crippen LogP contribution in [0.1, 0.15) is 15.9 Å². The van der Waals surface area contributed by atoms with Crippen molar-refractivity contribution in [2.24, 2.45) is 7.05 Å². The van der Waals surface area contributed by atoms with Crippen molar-refractivity contribution in [3.63, 3.8) is 0 Å². The molecule has 0 saturated carbocycles. The molecule has 0 atom stereocenters. The van der Waals surface area contributed by atoms with E-state index in [0.29, 0.717) is 17.1 Å². The summed E-state index contributed by atoms with van der Waals surface area (Å²) in [5, 5.41) is 4.07. The lowest BCUT2D eigenvalue weighted by atomic mass is 10.1. The van der Waals surface area contributed by atoms with Crippen molar-refractivity contribution in [1.82, 2.24) is 9.78 Å². The first-order chi connectivity index (χ1) is 9.97. The van der Waals surface area contributed by atoms with Gasteiger partial charge in [0.2, 0.25) is 0 Å². The number of aryl methyl sites for hydroxylation is 1. The maximum Gasteiger partial charge on any atom is 0.258 e. The Bertz CT molecular complexity index is 639. The quantitative estimate of drug-likeness (QED) is 0.864. The Kier molecular flexibility index (Phi) is 4.16. The molecule has 0 spiro atoms. The van der Waals surface area contributed by atoms with E-state index in [0.717, 1.165) is 11.3 Å². The molecule has 2 aromatic rings. The topological polar surface area (TPSA) is 56.6 Å². The average molecular weight is 289 g/mol. The number of benzene rings is 1. The molecule has 0 bridgehead atoms. The van der Waals surface area contributed by atoms with Crippen molar-refractivity contribution in [2.45, 2.75) is 6.92 Å². The fourth-order valence-electron chi connectivity index (χ4n) is 2.10. The first-order valence-electron chi connectivity index (χ1n) is 6.47. The van der Waals surface area contributed by atoms with Gasteiger partial charge in [0, 0.05) is 31.4 Å². The van der Waals surface area contributed by atoms with Gasteiger partial charge in [-0.3, -0.25) is 9.48 Å². The highest BCUT2D eigenvalue weighted by Gasteiger charge is 2.18. The first-order valence-corrected chi connectivity index (χ1v) is 6.47. The minimum atomic E-state index is -0.153. The Hall–Kier alpha value is -2.50. The highest BCUT2D eigenvalue weighted by molar-refractivity contribution is 6.06. The van der Waals surface area contributed by atoms with Crippen molar-refractivity contribution in [3.8, 4) is 11.5 Å². The van der Waals surface area contributed by atoms with E-state index in [4.69, 9.17) is 9.47 Å². The van der Waals surface area contributed by atoms with E-state index < -0.39 is 0 Å². The molecule has 1 heterocycles. The van der Waals surface area contributed by atoms with Gasteiger partial charge >= 0.3 is 0 Å². The molecule has 21 heavy (non-hydrogen) atoms. The van der Waals surface area contributed by atoms with Crippen molar-refractivity contribution in [3.05, 3.63) is 35.7 Å². The van der Waals surface area contributed by atoms with Gasteiger partial charge in [0.05, 0.1) is 26.1 Å². The third kappa shape index (κ3) is 2.84. The van der Waals surface area contributed by atoms with E-state index in [9.17, 15) is 4.79 Å². The number of aromatic nitrogens is 2. The maximum absolute atomic E-state index is 12.6. The van der Waals surface area contributed by atoms with Crippen LogP contribution in [-0.2, 0) is 7.05 Å². The van der Waals surface area contributed by atoms with Gasteiger partial charge in [-0.1, -0.05) is 0 Å². The zero-order valence-corrected chi connectivity index (χ0v) is 12.9. The molecular formula is C15H19N3O3. The molecule has 0 fully saturated rings. The zero-order chi connectivity index (χ0) is 15.6. The Balaban J connectivity index is 2.39. The molecule has 1 amide bonds. The van der Waals surface area contributed by atoms with Gasteiger partial charge in [-0.05, 0) is 19.1 Å². The summed E-state index contributed by atoms with van der Waals surface area (Å²) in [5.74, 6) is 1.09. The molecule has 1 aromatic carbocycles. The molecule has 0 N–H and O–H groups in total. The van der Waals surface area contributed by atoms with Crippen molar-refractivity contribution >= 4 is 11.6 Å². The lowest BCUT2D eigenvalue weighted by molar-refractivity contribution is 0.0992. The van der Waals surface area contributed by atoms with Gasteiger partial charge in [0.1, 0.15) is 11.5 Å². The van der Waals surface area contributed by atoms with Gasteiger partial charge in [0.25, 0.3) is 5.91 Å². The number of anilines is 1. The Morgan fingerprint density at radius 2 is 1.81 bits per heavy atom. The standard InChI is InChI=1S/C15H19N3O3/c1-10-13(20-4)6-11(7-14(10)21-5)15(19)18(3)12-8-16-17(2)9-12/h6-9H,1-5H3. The monoisotopic (exact) mass is 289 g/mol. The van der Waals surface area contributed by atoms with Crippen molar-refractivity contribution in [2.75, 3.05) is 26.2 Å². The van der Waals surface area contributed by atoms with Gasteiger partial charge < -0.3 is 14.4 Å². The summed E-state index contributed by atoms with van der Waals surface area (Å²) >= 11 is 0. The van der Waals surface area contributed by atoms with Crippen LogP contribution in [-0.4, -0.2) is 37.0 Å². The third-order valence-electron chi connectivity index (χ3n) is 3.38. The highest BCUT2D eigenvalue weighted by Crippen LogP contribution is 2.30. The zero-order valence-electron chi connectivity index (χ0n) is 12.9. The average Bonchev–Trinajstić information content (AvgIpc) is 2.92. The molecule has 6 heteroatoms. The van der Waals surface area contributed by atoms with Crippen LogP contribution in [0, 0.1) is 6.92 Å². The van der Waals surface area contributed by atoms with E-state index in [-0.39, 0.29) is 5.91 Å². The maximum atomic E-state index is 12.6. The fourth-order valence-corrected chi connectivity index (χ4v) is 2.10. The van der Waals surface area contributed by atoms with Crippen LogP contribution < -0.4 is 14.4 Å². The van der Waals surface area contributed by atoms with E-state index in [2.05, 4.69) is 5.10 Å². The summed E-state index contributed by atoms with van der Waals surface area (Å²) in [6.45, 7) is 1.89. The van der Waals surface area contributed by atoms with Crippen LogP contribution in [0.5, 0.6) is 11.5 Å². The Morgan fingerprint density at radius 1 is 1.24 bits per heavy atom. The van der Waals surface area contributed by atoms with E-state index in [1.807, 2.05) is 6.92 Å². The predicted octanol–water partition coefficient (Wildman–Crippen LogP) is 2.02. The molecule has 0 aliphatic heterocycles. The summed E-state index contributed by atoms with van der Waals surface area (Å²) < 4.78 is 12.2. The van der Waals surface area contributed by atoms with Crippen LogP contribution >= 0.6 is 0 Å². The number of nitrogens with zero attached hydrogens (tertiary/aromatic N) is 3. The SMILES string of the molecule is COc1cc(C(=O)N(C)c2cnn(C)c2)cc(OC)c1C. The Morgan fingerprint density at radius 3 is 2.24 bits per heavy atom. The fraction of sp³-hybridized carbons (Fsp3) is 0.333. The number of carbonyl (C=O) groups is 1. The lowest BCUT2D eigenvalue weighted by Crippen LogP contribution is -2.26. The second-order valence-corrected chi connectivity index (χ2v) is 4.74. The van der Waals surface area contributed by atoms with Crippen LogP contribution in [0.4, 0.5) is 5.69 Å². The van der Waals surface area contributed by atoms with Gasteiger partial charge in [0.15, 0.2) is 0 Å². The number of amides is 1. The largest absolute Gasteiger partial charge is 0.496 e. The van der Waals surface area contributed by atoms with Crippen LogP contribution in [0.3, 0.4) is 0 Å². The molecule has 0 radical (unpaired) electrons. The molecule has 0 aliphatic carbocycles. The molecule has 0 aliphatic rings.